The summed E-state index contributed by atoms with van der Waals surface area (Å²) in [6, 6.07) is 11.0. The number of carbonyl (C=O) groups excluding carboxylic acids is 5. The van der Waals surface area contributed by atoms with Gasteiger partial charge in [0.15, 0.2) is 34.5 Å². The lowest BCUT2D eigenvalue weighted by molar-refractivity contribution is -0.166. The van der Waals surface area contributed by atoms with Gasteiger partial charge in [-0.25, -0.2) is 0 Å². The van der Waals surface area contributed by atoms with Gasteiger partial charge in [0.25, 0.3) is 0 Å². The molecule has 6 atom stereocenters. The predicted octanol–water partition coefficient (Wildman–Crippen LogP) is 0.599. The zero-order chi connectivity index (χ0) is 31.1. The molecule has 2 fully saturated rings. The molecule has 0 aliphatic heterocycles. The standard InChI is InChI=1S/C31H33N5O6/c1-14(2)15-6-5-7-16(10-15)17-8-9-19(37)20-18(17)11-29(34)12-31(35)25(36(3)4)24(39)21(28(33)42)26(40)30(31,13-32)27(41)22(29)23(20)38/h5-10,14,21-22,25,37H,11-12,34-35H2,1-4H3,(H2,33,42)/t21?,22?,25-,29-,30+,31-/m1/s1. The maximum absolute atomic E-state index is 14.4. The molecule has 2 aromatic carbocycles. The molecular weight excluding hydrogens is 538 g/mol. The Kier molecular flexibility index (Phi) is 6.54. The number of nitriles is 1. The number of Topliss-reactive ketones (excluding diaryl/α,β-unsaturated/α-hetero) is 4. The monoisotopic (exact) mass is 571 g/mol. The Hall–Kier alpha value is -4.24. The normalized spacial score (nSPS) is 32.3. The fourth-order valence-electron chi connectivity index (χ4n) is 7.54. The van der Waals surface area contributed by atoms with Gasteiger partial charge in [-0.2, -0.15) is 5.26 Å². The largest absolute Gasteiger partial charge is 0.507 e. The molecule has 42 heavy (non-hydrogen) atoms. The van der Waals surface area contributed by atoms with Crippen LogP contribution in [0, 0.1) is 28.6 Å². The summed E-state index contributed by atoms with van der Waals surface area (Å²) in [5.41, 5.74) is 15.2. The minimum Gasteiger partial charge on any atom is -0.507 e. The first-order chi connectivity index (χ1) is 19.6. The number of carbonyl (C=O) groups is 5. The Balaban J connectivity index is 1.77. The van der Waals surface area contributed by atoms with E-state index in [0.717, 1.165) is 11.1 Å². The van der Waals surface area contributed by atoms with E-state index in [0.29, 0.717) is 11.1 Å². The molecule has 0 spiro atoms. The summed E-state index contributed by atoms with van der Waals surface area (Å²) in [5, 5.41) is 21.4. The van der Waals surface area contributed by atoms with E-state index >= 15 is 0 Å². The highest BCUT2D eigenvalue weighted by Gasteiger charge is 2.78. The van der Waals surface area contributed by atoms with Crippen LogP contribution in [0.25, 0.3) is 11.1 Å². The average Bonchev–Trinajstić information content (AvgIpc) is 2.87. The van der Waals surface area contributed by atoms with Crippen LogP contribution in [-0.2, 0) is 25.6 Å². The van der Waals surface area contributed by atoms with Crippen molar-refractivity contribution in [2.24, 2.45) is 34.5 Å². The van der Waals surface area contributed by atoms with Crippen molar-refractivity contribution in [2.75, 3.05) is 14.1 Å². The summed E-state index contributed by atoms with van der Waals surface area (Å²) >= 11 is 0. The number of ketones is 4. The van der Waals surface area contributed by atoms with Crippen molar-refractivity contribution in [3.05, 3.63) is 53.1 Å². The first-order valence-electron chi connectivity index (χ1n) is 13.6. The number of primary amides is 1. The summed E-state index contributed by atoms with van der Waals surface area (Å²) in [6.07, 6.45) is -0.579. The number of likely N-dealkylation sites (N-methyl/N-ethyl adjacent to an activating group) is 1. The van der Waals surface area contributed by atoms with E-state index in [9.17, 15) is 34.3 Å². The first kappa shape index (κ1) is 29.3. The van der Waals surface area contributed by atoms with Gasteiger partial charge in [0, 0.05) is 5.54 Å². The van der Waals surface area contributed by atoms with Gasteiger partial charge in [-0.1, -0.05) is 44.2 Å². The molecule has 0 saturated heterocycles. The third kappa shape index (κ3) is 3.59. The van der Waals surface area contributed by atoms with Crippen LogP contribution < -0.4 is 17.2 Å². The molecule has 0 aromatic heterocycles. The number of nitrogens with two attached hydrogens (primary N) is 3. The quantitative estimate of drug-likeness (QED) is 0.375. The lowest BCUT2D eigenvalue weighted by Crippen LogP contribution is -2.85. The number of rotatable bonds is 4. The minimum atomic E-state index is -2.77. The van der Waals surface area contributed by atoms with Crippen molar-refractivity contribution in [3.8, 4) is 22.9 Å². The second-order valence-electron chi connectivity index (χ2n) is 12.4. The van der Waals surface area contributed by atoms with Crippen molar-refractivity contribution in [2.45, 2.75) is 49.7 Å². The Morgan fingerprint density at radius 3 is 2.33 bits per heavy atom. The molecule has 0 bridgehead atoms. The summed E-state index contributed by atoms with van der Waals surface area (Å²) < 4.78 is 0. The van der Waals surface area contributed by atoms with Gasteiger partial charge in [-0.3, -0.25) is 28.9 Å². The smallest absolute Gasteiger partial charge is 0.235 e. The summed E-state index contributed by atoms with van der Waals surface area (Å²) in [6.45, 7) is 4.09. The van der Waals surface area contributed by atoms with Crippen LogP contribution in [0.3, 0.4) is 0 Å². The fraction of sp³-hybridized carbons (Fsp3) is 0.419. The molecule has 2 unspecified atom stereocenters. The number of aromatic hydroxyl groups is 1. The second-order valence-corrected chi connectivity index (χ2v) is 12.4. The Bertz CT molecular complexity index is 1640. The molecule has 0 heterocycles. The third-order valence-electron chi connectivity index (χ3n) is 9.34. The number of phenolic OH excluding ortho intramolecular Hbond substituents is 1. The molecule has 218 valence electrons. The molecule has 11 nitrogen and oxygen atoms in total. The highest BCUT2D eigenvalue weighted by Crippen LogP contribution is 2.57. The van der Waals surface area contributed by atoms with Gasteiger partial charge in [0.2, 0.25) is 5.91 Å². The fourth-order valence-corrected chi connectivity index (χ4v) is 7.54. The van der Waals surface area contributed by atoms with Gasteiger partial charge in [0.1, 0.15) is 11.7 Å². The lowest BCUT2D eigenvalue weighted by Gasteiger charge is -2.60. The van der Waals surface area contributed by atoms with E-state index in [1.54, 1.807) is 12.1 Å². The Morgan fingerprint density at radius 2 is 1.76 bits per heavy atom. The maximum Gasteiger partial charge on any atom is 0.235 e. The molecule has 2 saturated carbocycles. The number of hydrogen-bond donors (Lipinski definition) is 4. The molecule has 5 rings (SSSR count). The van der Waals surface area contributed by atoms with Gasteiger partial charge >= 0.3 is 0 Å². The van der Waals surface area contributed by atoms with Gasteiger partial charge in [0.05, 0.1) is 23.2 Å². The summed E-state index contributed by atoms with van der Waals surface area (Å²) in [4.78, 5) is 69.6. The van der Waals surface area contributed by atoms with Crippen LogP contribution in [0.4, 0.5) is 0 Å². The number of nitrogens with zero attached hydrogens (tertiary/aromatic N) is 2. The van der Waals surface area contributed by atoms with Gasteiger partial charge in [-0.15, -0.1) is 0 Å². The first-order valence-corrected chi connectivity index (χ1v) is 13.6. The number of hydrogen-bond acceptors (Lipinski definition) is 10. The van der Waals surface area contributed by atoms with Crippen LogP contribution in [0.15, 0.2) is 36.4 Å². The number of fused-ring (bicyclic) bond motifs is 3. The van der Waals surface area contributed by atoms with Crippen molar-refractivity contribution in [3.63, 3.8) is 0 Å². The maximum atomic E-state index is 14.4. The van der Waals surface area contributed by atoms with E-state index in [1.807, 2.05) is 38.1 Å². The van der Waals surface area contributed by atoms with Crippen molar-refractivity contribution in [1.82, 2.24) is 4.90 Å². The number of amides is 1. The molecule has 7 N–H and O–H groups in total. The zero-order valence-electron chi connectivity index (χ0n) is 23.8. The topological polar surface area (TPSA) is 211 Å². The summed E-state index contributed by atoms with van der Waals surface area (Å²) in [7, 11) is 2.93. The van der Waals surface area contributed by atoms with E-state index < -0.39 is 69.8 Å². The highest BCUT2D eigenvalue weighted by molar-refractivity contribution is 6.33. The van der Waals surface area contributed by atoms with E-state index in [1.165, 1.54) is 25.1 Å². The van der Waals surface area contributed by atoms with Crippen molar-refractivity contribution in [1.29, 1.82) is 5.26 Å². The van der Waals surface area contributed by atoms with E-state index in [-0.39, 0.29) is 23.7 Å². The van der Waals surface area contributed by atoms with Crippen LogP contribution in [-0.4, -0.2) is 70.3 Å². The minimum absolute atomic E-state index is 0.123. The Morgan fingerprint density at radius 1 is 1.10 bits per heavy atom. The third-order valence-corrected chi connectivity index (χ3v) is 9.34. The van der Waals surface area contributed by atoms with Crippen LogP contribution in [0.5, 0.6) is 5.75 Å². The zero-order valence-corrected chi connectivity index (χ0v) is 23.8. The van der Waals surface area contributed by atoms with E-state index in [4.69, 9.17) is 17.2 Å². The van der Waals surface area contributed by atoms with E-state index in [2.05, 4.69) is 0 Å². The average molecular weight is 572 g/mol. The molecule has 1 amide bonds. The van der Waals surface area contributed by atoms with Crippen LogP contribution in [0.2, 0.25) is 0 Å². The molecule has 3 aliphatic rings. The molecule has 2 aromatic rings. The highest BCUT2D eigenvalue weighted by atomic mass is 16.3. The summed E-state index contributed by atoms with van der Waals surface area (Å²) in [5.74, 6) is -9.69. The lowest BCUT2D eigenvalue weighted by atomic mass is 9.42. The SMILES string of the molecule is CC(C)c1cccc(-c2ccc(O)c3c2C[C@@]2(N)C[C@@]4(N)[C@H](N(C)C)C(=O)C(C(N)=O)C(=O)[C@@]4(C#N)C(=O)C2C3=O)c1. The number of phenols is 1. The van der Waals surface area contributed by atoms with Crippen LogP contribution >= 0.6 is 0 Å². The van der Waals surface area contributed by atoms with Gasteiger partial charge < -0.3 is 22.3 Å². The molecule has 11 heteroatoms. The van der Waals surface area contributed by atoms with Gasteiger partial charge in [-0.05, 0) is 61.2 Å². The molecule has 0 radical (unpaired) electrons. The van der Waals surface area contributed by atoms with Crippen molar-refractivity contribution < 1.29 is 29.1 Å². The van der Waals surface area contributed by atoms with Crippen LogP contribution in [0.1, 0.15) is 47.7 Å². The Labute approximate surface area is 242 Å². The second kappa shape index (κ2) is 9.39. The van der Waals surface area contributed by atoms with Crippen molar-refractivity contribution >= 4 is 29.0 Å². The molecule has 3 aliphatic carbocycles. The predicted molar refractivity (Wildman–Crippen MR) is 151 cm³/mol. The molecular formula is C31H33N5O6. The number of benzene rings is 2.